The van der Waals surface area contributed by atoms with E-state index in [1.807, 2.05) is 0 Å². The molecule has 0 aromatic heterocycles. The SMILES string of the molecule is CN(CC(=O)N(C1=CCCCC1)C1CC1)[C@H]1CCc2ccccc21. The molecule has 3 aliphatic carbocycles. The molecular weight excluding hydrogens is 296 g/mol. The first-order valence-electron chi connectivity index (χ1n) is 9.53. The van der Waals surface area contributed by atoms with Crippen molar-refractivity contribution < 1.29 is 4.79 Å². The van der Waals surface area contributed by atoms with Crippen molar-refractivity contribution in [2.45, 2.75) is 63.5 Å². The van der Waals surface area contributed by atoms with Crippen molar-refractivity contribution in [2.24, 2.45) is 0 Å². The molecule has 24 heavy (non-hydrogen) atoms. The second-order valence-corrected chi connectivity index (χ2v) is 7.60. The molecule has 128 valence electrons. The van der Waals surface area contributed by atoms with Gasteiger partial charge in [0.05, 0.1) is 6.54 Å². The van der Waals surface area contributed by atoms with Gasteiger partial charge < -0.3 is 4.90 Å². The lowest BCUT2D eigenvalue weighted by atomic mass is 10.0. The predicted molar refractivity (Wildman–Crippen MR) is 96.6 cm³/mol. The lowest BCUT2D eigenvalue weighted by molar-refractivity contribution is -0.131. The summed E-state index contributed by atoms with van der Waals surface area (Å²) in [5, 5.41) is 0. The molecule has 0 heterocycles. The minimum Gasteiger partial charge on any atom is -0.312 e. The van der Waals surface area contributed by atoms with Crippen LogP contribution < -0.4 is 0 Å². The zero-order valence-corrected chi connectivity index (χ0v) is 14.7. The summed E-state index contributed by atoms with van der Waals surface area (Å²) < 4.78 is 0. The fourth-order valence-corrected chi connectivity index (χ4v) is 4.36. The normalized spacial score (nSPS) is 23.1. The van der Waals surface area contributed by atoms with Gasteiger partial charge in [-0.25, -0.2) is 0 Å². The number of rotatable bonds is 5. The molecule has 4 rings (SSSR count). The van der Waals surface area contributed by atoms with Crippen molar-refractivity contribution >= 4 is 5.91 Å². The van der Waals surface area contributed by atoms with Gasteiger partial charge in [-0.05, 0) is 69.5 Å². The predicted octanol–water partition coefficient (Wildman–Crippen LogP) is 4.05. The maximum Gasteiger partial charge on any atom is 0.241 e. The standard InChI is InChI=1S/C21H28N2O/c1-22(20-14-11-16-7-5-6-10-19(16)20)15-21(24)23(18-12-13-18)17-8-3-2-4-9-17/h5-8,10,18,20H,2-4,9,11-15H2,1H3/t20-/m0/s1. The molecule has 0 unspecified atom stereocenters. The fourth-order valence-electron chi connectivity index (χ4n) is 4.36. The number of aryl methyl sites for hydroxylation is 1. The Morgan fingerprint density at radius 2 is 1.96 bits per heavy atom. The van der Waals surface area contributed by atoms with Gasteiger partial charge in [-0.3, -0.25) is 9.69 Å². The van der Waals surface area contributed by atoms with Gasteiger partial charge in [0.15, 0.2) is 0 Å². The Labute approximate surface area is 145 Å². The molecule has 0 spiro atoms. The summed E-state index contributed by atoms with van der Waals surface area (Å²) in [6.45, 7) is 0.535. The Bertz CT molecular complexity index is 647. The molecule has 1 saturated carbocycles. The number of allylic oxidation sites excluding steroid dienone is 2. The summed E-state index contributed by atoms with van der Waals surface area (Å²) >= 11 is 0. The highest BCUT2D eigenvalue weighted by atomic mass is 16.2. The van der Waals surface area contributed by atoms with Crippen LogP contribution in [0.25, 0.3) is 0 Å². The van der Waals surface area contributed by atoms with Crippen LogP contribution >= 0.6 is 0 Å². The van der Waals surface area contributed by atoms with Gasteiger partial charge in [0.2, 0.25) is 5.91 Å². The van der Waals surface area contributed by atoms with E-state index in [0.29, 0.717) is 24.5 Å². The van der Waals surface area contributed by atoms with Gasteiger partial charge in [0, 0.05) is 17.8 Å². The van der Waals surface area contributed by atoms with E-state index in [-0.39, 0.29) is 0 Å². The van der Waals surface area contributed by atoms with E-state index in [9.17, 15) is 4.79 Å². The van der Waals surface area contributed by atoms with E-state index in [0.717, 1.165) is 25.7 Å². The van der Waals surface area contributed by atoms with Crippen molar-refractivity contribution in [3.8, 4) is 0 Å². The molecule has 0 bridgehead atoms. The number of hydrogen-bond acceptors (Lipinski definition) is 2. The summed E-state index contributed by atoms with van der Waals surface area (Å²) in [6, 6.07) is 9.58. The maximum atomic E-state index is 13.0. The average Bonchev–Trinajstić information content (AvgIpc) is 3.33. The molecular formula is C21H28N2O. The van der Waals surface area contributed by atoms with Gasteiger partial charge in [0.25, 0.3) is 0 Å². The summed E-state index contributed by atoms with van der Waals surface area (Å²) in [5.74, 6) is 0.303. The number of carbonyl (C=O) groups is 1. The van der Waals surface area contributed by atoms with E-state index in [1.54, 1.807) is 0 Å². The zero-order chi connectivity index (χ0) is 16.5. The number of nitrogens with zero attached hydrogens (tertiary/aromatic N) is 2. The highest BCUT2D eigenvalue weighted by Gasteiger charge is 2.36. The van der Waals surface area contributed by atoms with Crippen LogP contribution in [0, 0.1) is 0 Å². The third kappa shape index (κ3) is 3.14. The largest absolute Gasteiger partial charge is 0.312 e. The van der Waals surface area contributed by atoms with Crippen molar-refractivity contribution in [3.63, 3.8) is 0 Å². The Morgan fingerprint density at radius 1 is 1.12 bits per heavy atom. The summed E-state index contributed by atoms with van der Waals surface area (Å²) in [5.41, 5.74) is 4.17. The minimum absolute atomic E-state index is 0.303. The molecule has 1 aromatic carbocycles. The molecule has 0 N–H and O–H groups in total. The number of amides is 1. The number of likely N-dealkylation sites (N-methyl/N-ethyl adjacent to an activating group) is 1. The first-order valence-corrected chi connectivity index (χ1v) is 9.53. The van der Waals surface area contributed by atoms with Gasteiger partial charge >= 0.3 is 0 Å². The van der Waals surface area contributed by atoms with Crippen LogP contribution in [-0.2, 0) is 11.2 Å². The third-order valence-electron chi connectivity index (χ3n) is 5.78. The van der Waals surface area contributed by atoms with Crippen molar-refractivity contribution in [3.05, 3.63) is 47.2 Å². The smallest absolute Gasteiger partial charge is 0.241 e. The highest BCUT2D eigenvalue weighted by Crippen LogP contribution is 2.36. The monoisotopic (exact) mass is 324 g/mol. The van der Waals surface area contributed by atoms with E-state index in [4.69, 9.17) is 0 Å². The molecule has 1 atom stereocenters. The van der Waals surface area contributed by atoms with E-state index in [2.05, 4.69) is 47.2 Å². The van der Waals surface area contributed by atoms with Gasteiger partial charge in [-0.1, -0.05) is 30.3 Å². The molecule has 1 aromatic rings. The van der Waals surface area contributed by atoms with E-state index < -0.39 is 0 Å². The third-order valence-corrected chi connectivity index (χ3v) is 5.78. The first-order chi connectivity index (χ1) is 11.7. The van der Waals surface area contributed by atoms with Crippen LogP contribution in [-0.4, -0.2) is 35.3 Å². The molecule has 0 radical (unpaired) electrons. The number of benzene rings is 1. The van der Waals surface area contributed by atoms with Gasteiger partial charge in [-0.15, -0.1) is 0 Å². The minimum atomic E-state index is 0.303. The zero-order valence-electron chi connectivity index (χ0n) is 14.7. The quantitative estimate of drug-likeness (QED) is 0.815. The van der Waals surface area contributed by atoms with Crippen LogP contribution in [0.3, 0.4) is 0 Å². The first kappa shape index (κ1) is 15.9. The molecule has 3 aliphatic rings. The second kappa shape index (κ2) is 6.72. The van der Waals surface area contributed by atoms with Crippen molar-refractivity contribution in [1.82, 2.24) is 9.80 Å². The summed E-state index contributed by atoms with van der Waals surface area (Å²) in [4.78, 5) is 17.5. The molecule has 0 aliphatic heterocycles. The van der Waals surface area contributed by atoms with Crippen LogP contribution in [0.2, 0.25) is 0 Å². The Balaban J connectivity index is 1.46. The van der Waals surface area contributed by atoms with Crippen LogP contribution in [0.1, 0.15) is 62.1 Å². The Kier molecular flexibility index (Phi) is 4.45. The van der Waals surface area contributed by atoms with Gasteiger partial charge in [0.1, 0.15) is 0 Å². The highest BCUT2D eigenvalue weighted by molar-refractivity contribution is 5.81. The number of hydrogen-bond donors (Lipinski definition) is 0. The maximum absolute atomic E-state index is 13.0. The molecule has 1 amide bonds. The topological polar surface area (TPSA) is 23.6 Å². The van der Waals surface area contributed by atoms with Crippen molar-refractivity contribution in [2.75, 3.05) is 13.6 Å². The molecule has 1 fully saturated rings. The average molecular weight is 324 g/mol. The fraction of sp³-hybridized carbons (Fsp3) is 0.571. The van der Waals surface area contributed by atoms with Crippen molar-refractivity contribution in [1.29, 1.82) is 0 Å². The van der Waals surface area contributed by atoms with E-state index in [1.165, 1.54) is 42.5 Å². The second-order valence-electron chi connectivity index (χ2n) is 7.60. The van der Waals surface area contributed by atoms with Gasteiger partial charge in [-0.2, -0.15) is 0 Å². The van der Waals surface area contributed by atoms with Crippen LogP contribution in [0.4, 0.5) is 0 Å². The summed E-state index contributed by atoms with van der Waals surface area (Å²) in [7, 11) is 2.12. The van der Waals surface area contributed by atoms with E-state index >= 15 is 0 Å². The Hall–Kier alpha value is -1.61. The van der Waals surface area contributed by atoms with Crippen LogP contribution in [0.5, 0.6) is 0 Å². The Morgan fingerprint density at radius 3 is 2.71 bits per heavy atom. The lowest BCUT2D eigenvalue weighted by Gasteiger charge is -2.31. The molecule has 3 heteroatoms. The molecule has 3 nitrogen and oxygen atoms in total. The summed E-state index contributed by atoms with van der Waals surface area (Å²) in [6.07, 6.45) is 11.7. The van der Waals surface area contributed by atoms with Crippen LogP contribution in [0.15, 0.2) is 36.0 Å². The number of carbonyl (C=O) groups excluding carboxylic acids is 1. The number of fused-ring (bicyclic) bond motifs is 1. The molecule has 0 saturated heterocycles. The lowest BCUT2D eigenvalue weighted by Crippen LogP contribution is -2.41.